The van der Waals surface area contributed by atoms with E-state index in [2.05, 4.69) is 18.1 Å². The van der Waals surface area contributed by atoms with Gasteiger partial charge in [0.05, 0.1) is 11.3 Å². The summed E-state index contributed by atoms with van der Waals surface area (Å²) < 4.78 is 0.407. The van der Waals surface area contributed by atoms with Gasteiger partial charge in [-0.3, -0.25) is 4.79 Å². The maximum absolute atomic E-state index is 11.1. The molecule has 62 valence electrons. The lowest BCUT2D eigenvalue weighted by atomic mass is 10.2. The quantitative estimate of drug-likeness (QED) is 0.657. The van der Waals surface area contributed by atoms with Crippen molar-refractivity contribution in [1.82, 2.24) is 9.71 Å². The lowest BCUT2D eigenvalue weighted by Gasteiger charge is -1.99. The monoisotopic (exact) mass is 164 g/mol. The zero-order valence-corrected chi connectivity index (χ0v) is 6.40. The van der Waals surface area contributed by atoms with Gasteiger partial charge in [0, 0.05) is 0 Å². The second kappa shape index (κ2) is 3.04. The summed E-state index contributed by atoms with van der Waals surface area (Å²) in [5.41, 5.74) is 0.116. The summed E-state index contributed by atoms with van der Waals surface area (Å²) in [6.45, 7) is 6.90. The fourth-order valence-electron chi connectivity index (χ4n) is 0.826. The number of nitrogens with zero attached hydrogens (tertiary/aromatic N) is 2. The van der Waals surface area contributed by atoms with E-state index in [1.807, 2.05) is 0 Å². The molecule has 0 aliphatic carbocycles. The molecule has 1 aromatic heterocycles. The van der Waals surface area contributed by atoms with Gasteiger partial charge in [-0.1, -0.05) is 19.2 Å². The molecule has 0 saturated heterocycles. The summed E-state index contributed by atoms with van der Waals surface area (Å²) in [7, 11) is 0. The highest BCUT2D eigenvalue weighted by atomic mass is 16.5. The zero-order valence-electron chi connectivity index (χ0n) is 6.40. The van der Waals surface area contributed by atoms with Crippen molar-refractivity contribution in [1.29, 1.82) is 0 Å². The van der Waals surface area contributed by atoms with E-state index in [1.165, 1.54) is 12.2 Å². The van der Waals surface area contributed by atoms with E-state index in [0.29, 0.717) is 10.4 Å². The highest BCUT2D eigenvalue weighted by Gasteiger charge is 2.04. The molecule has 0 spiro atoms. The van der Waals surface area contributed by atoms with Crippen LogP contribution >= 0.6 is 0 Å². The topological polar surface area (TPSA) is 55.1 Å². The Hall–Kier alpha value is -1.84. The Morgan fingerprint density at radius 2 is 2.17 bits per heavy atom. The van der Waals surface area contributed by atoms with Crippen LogP contribution in [0.4, 0.5) is 0 Å². The minimum atomic E-state index is -0.546. The van der Waals surface area contributed by atoms with E-state index in [4.69, 9.17) is 5.21 Å². The summed E-state index contributed by atoms with van der Waals surface area (Å²) in [5, 5.41) is 8.91. The highest BCUT2D eigenvalue weighted by Crippen LogP contribution is 2.01. The van der Waals surface area contributed by atoms with Gasteiger partial charge in [0.1, 0.15) is 6.33 Å². The van der Waals surface area contributed by atoms with Gasteiger partial charge in [-0.05, 0) is 6.08 Å². The molecule has 1 heterocycles. The zero-order chi connectivity index (χ0) is 9.14. The number of aromatic nitrogens is 2. The van der Waals surface area contributed by atoms with Crippen molar-refractivity contribution in [3.8, 4) is 0 Å². The molecular formula is C8H8N2O2. The Bertz CT molecular complexity index is 379. The van der Waals surface area contributed by atoms with E-state index in [9.17, 15) is 4.79 Å². The third-order valence-electron chi connectivity index (χ3n) is 1.42. The van der Waals surface area contributed by atoms with E-state index in [0.717, 1.165) is 6.33 Å². The third-order valence-corrected chi connectivity index (χ3v) is 1.42. The van der Waals surface area contributed by atoms with Crippen molar-refractivity contribution in [2.45, 2.75) is 0 Å². The van der Waals surface area contributed by atoms with Crippen LogP contribution in [0, 0.1) is 0 Å². The minimum Gasteiger partial charge on any atom is -0.424 e. The highest BCUT2D eigenvalue weighted by molar-refractivity contribution is 5.58. The standard InChI is InChI=1S/C8H8N2O2/c1-3-6-7(4-2)9-5-10(12)8(6)11/h3-5,12H,1-2H2. The maximum atomic E-state index is 11.1. The molecule has 0 bridgehead atoms. The van der Waals surface area contributed by atoms with Gasteiger partial charge in [-0.25, -0.2) is 4.98 Å². The lowest BCUT2D eigenvalue weighted by Crippen LogP contribution is -2.21. The summed E-state index contributed by atoms with van der Waals surface area (Å²) in [6, 6.07) is 0. The predicted octanol–water partition coefficient (Wildman–Crippen LogP) is 0.767. The Morgan fingerprint density at radius 1 is 1.50 bits per heavy atom. The summed E-state index contributed by atoms with van der Waals surface area (Å²) in [5.74, 6) is 0. The second-order valence-electron chi connectivity index (χ2n) is 2.10. The first-order valence-corrected chi connectivity index (χ1v) is 3.26. The van der Waals surface area contributed by atoms with Gasteiger partial charge in [0.25, 0.3) is 5.56 Å². The molecule has 1 rings (SSSR count). The smallest absolute Gasteiger partial charge is 0.293 e. The van der Waals surface area contributed by atoms with Crippen molar-refractivity contribution < 1.29 is 5.21 Å². The van der Waals surface area contributed by atoms with E-state index in [1.54, 1.807) is 0 Å². The minimum absolute atomic E-state index is 0.245. The Balaban J connectivity index is 3.56. The van der Waals surface area contributed by atoms with Crippen LogP contribution in [0.15, 0.2) is 24.3 Å². The molecule has 0 unspecified atom stereocenters. The lowest BCUT2D eigenvalue weighted by molar-refractivity contribution is 0.170. The molecular weight excluding hydrogens is 156 g/mol. The van der Waals surface area contributed by atoms with Crippen molar-refractivity contribution in [3.63, 3.8) is 0 Å². The summed E-state index contributed by atoms with van der Waals surface area (Å²) in [4.78, 5) is 14.9. The van der Waals surface area contributed by atoms with Crippen LogP contribution in [-0.4, -0.2) is 14.9 Å². The third kappa shape index (κ3) is 1.14. The van der Waals surface area contributed by atoms with Crippen LogP contribution in [0.5, 0.6) is 0 Å². The Kier molecular flexibility index (Phi) is 2.09. The fourth-order valence-corrected chi connectivity index (χ4v) is 0.826. The molecule has 0 aliphatic heterocycles. The average Bonchev–Trinajstić information content (AvgIpc) is 2.09. The van der Waals surface area contributed by atoms with Crippen LogP contribution in [0.1, 0.15) is 11.3 Å². The number of hydrogen-bond donors (Lipinski definition) is 1. The molecule has 0 fully saturated rings. The molecule has 0 aromatic carbocycles. The molecule has 4 nitrogen and oxygen atoms in total. The molecule has 12 heavy (non-hydrogen) atoms. The van der Waals surface area contributed by atoms with E-state index >= 15 is 0 Å². The van der Waals surface area contributed by atoms with Gasteiger partial charge in [0.2, 0.25) is 0 Å². The van der Waals surface area contributed by atoms with Crippen molar-refractivity contribution >= 4 is 12.2 Å². The van der Waals surface area contributed by atoms with Crippen LogP contribution < -0.4 is 5.56 Å². The summed E-state index contributed by atoms with van der Waals surface area (Å²) in [6.07, 6.45) is 3.78. The van der Waals surface area contributed by atoms with Crippen LogP contribution in [0.3, 0.4) is 0 Å². The second-order valence-corrected chi connectivity index (χ2v) is 2.10. The van der Waals surface area contributed by atoms with Gasteiger partial charge in [-0.2, -0.15) is 0 Å². The van der Waals surface area contributed by atoms with Crippen LogP contribution in [-0.2, 0) is 0 Å². The van der Waals surface area contributed by atoms with Crippen LogP contribution in [0.2, 0.25) is 0 Å². The fraction of sp³-hybridized carbons (Fsp3) is 0. The maximum Gasteiger partial charge on any atom is 0.293 e. The molecule has 4 heteroatoms. The SMILES string of the molecule is C=Cc1ncn(O)c(=O)c1C=C. The van der Waals surface area contributed by atoms with E-state index < -0.39 is 5.56 Å². The Labute approximate surface area is 69.1 Å². The normalized spacial score (nSPS) is 9.33. The summed E-state index contributed by atoms with van der Waals surface area (Å²) >= 11 is 0. The molecule has 0 radical (unpaired) electrons. The first-order chi connectivity index (χ1) is 5.70. The van der Waals surface area contributed by atoms with Gasteiger partial charge in [-0.15, -0.1) is 4.73 Å². The molecule has 0 aliphatic rings. The molecule has 1 aromatic rings. The Morgan fingerprint density at radius 3 is 2.67 bits per heavy atom. The largest absolute Gasteiger partial charge is 0.424 e. The van der Waals surface area contributed by atoms with E-state index in [-0.39, 0.29) is 5.56 Å². The molecule has 0 amide bonds. The van der Waals surface area contributed by atoms with Gasteiger partial charge in [0.15, 0.2) is 0 Å². The number of rotatable bonds is 2. The first-order valence-electron chi connectivity index (χ1n) is 3.26. The van der Waals surface area contributed by atoms with Crippen LogP contribution in [0.25, 0.3) is 12.2 Å². The van der Waals surface area contributed by atoms with Crippen molar-refractivity contribution in [2.24, 2.45) is 0 Å². The molecule has 1 N–H and O–H groups in total. The average molecular weight is 164 g/mol. The van der Waals surface area contributed by atoms with Crippen molar-refractivity contribution in [3.05, 3.63) is 41.1 Å². The first kappa shape index (κ1) is 8.26. The number of hydrogen-bond acceptors (Lipinski definition) is 3. The predicted molar refractivity (Wildman–Crippen MR) is 45.9 cm³/mol. The van der Waals surface area contributed by atoms with Gasteiger partial charge >= 0.3 is 0 Å². The van der Waals surface area contributed by atoms with Crippen molar-refractivity contribution in [2.75, 3.05) is 0 Å². The molecule has 0 atom stereocenters. The molecule has 0 saturated carbocycles. The van der Waals surface area contributed by atoms with Gasteiger partial charge < -0.3 is 5.21 Å².